The van der Waals surface area contributed by atoms with Crippen LogP contribution in [0.2, 0.25) is 0 Å². The van der Waals surface area contributed by atoms with Crippen LogP contribution in [0.4, 0.5) is 0 Å². The van der Waals surface area contributed by atoms with Crippen LogP contribution in [0.5, 0.6) is 0 Å². The van der Waals surface area contributed by atoms with Gasteiger partial charge in [0, 0.05) is 6.54 Å². The monoisotopic (exact) mass is 296 g/mol. The number of hydrogen-bond acceptors (Lipinski definition) is 4. The molecule has 0 saturated heterocycles. The molecule has 2 amide bonds. The van der Waals surface area contributed by atoms with Gasteiger partial charge >= 0.3 is 0 Å². The number of carbonyl (C=O) groups excluding carboxylic acids is 2. The molecule has 5 heteroatoms. The fourth-order valence-corrected chi connectivity index (χ4v) is 2.49. The quantitative estimate of drug-likeness (QED) is 0.822. The molecule has 0 unspecified atom stereocenters. The molecule has 0 spiro atoms. The molecule has 3 rings (SSSR count). The van der Waals surface area contributed by atoms with Crippen molar-refractivity contribution in [2.45, 2.75) is 6.10 Å². The Morgan fingerprint density at radius 3 is 2.05 bits per heavy atom. The van der Waals surface area contributed by atoms with E-state index in [1.807, 2.05) is 30.3 Å². The van der Waals surface area contributed by atoms with Gasteiger partial charge in [0.15, 0.2) is 0 Å². The molecule has 112 valence electrons. The van der Waals surface area contributed by atoms with Gasteiger partial charge in [0.2, 0.25) is 0 Å². The smallest absolute Gasteiger partial charge is 0.262 e. The summed E-state index contributed by atoms with van der Waals surface area (Å²) in [6.45, 7) is 0.341. The first kappa shape index (κ1) is 14.4. The molecule has 1 aliphatic rings. The highest BCUT2D eigenvalue weighted by Gasteiger charge is 2.34. The fraction of sp³-hybridized carbons (Fsp3) is 0.176. The van der Waals surface area contributed by atoms with Gasteiger partial charge < -0.3 is 5.11 Å². The highest BCUT2D eigenvalue weighted by Crippen LogP contribution is 2.21. The van der Waals surface area contributed by atoms with Crippen molar-refractivity contribution in [3.63, 3.8) is 0 Å². The lowest BCUT2D eigenvalue weighted by Gasteiger charge is -2.17. The third-order valence-corrected chi connectivity index (χ3v) is 3.67. The van der Waals surface area contributed by atoms with E-state index >= 15 is 0 Å². The summed E-state index contributed by atoms with van der Waals surface area (Å²) in [6, 6.07) is 16.0. The second kappa shape index (κ2) is 6.09. The van der Waals surface area contributed by atoms with E-state index in [0.717, 1.165) is 10.5 Å². The topological polar surface area (TPSA) is 69.6 Å². The SMILES string of the molecule is O=C1c2ccccc2C(=O)N1CNC[C@@H](O)c1ccccc1. The number of rotatable bonds is 5. The standard InChI is InChI=1S/C17H16N2O3/c20-15(12-6-2-1-3-7-12)10-18-11-19-16(21)13-8-4-5-9-14(13)17(19)22/h1-9,15,18,20H,10-11H2/t15-/m1/s1. The Morgan fingerprint density at radius 2 is 1.45 bits per heavy atom. The van der Waals surface area contributed by atoms with E-state index < -0.39 is 6.10 Å². The average molecular weight is 296 g/mol. The average Bonchev–Trinajstić information content (AvgIpc) is 2.81. The largest absolute Gasteiger partial charge is 0.387 e. The molecule has 0 fully saturated rings. The Hall–Kier alpha value is -2.50. The minimum atomic E-state index is -0.684. The number of aliphatic hydroxyl groups is 1. The number of amides is 2. The Morgan fingerprint density at radius 1 is 0.909 bits per heavy atom. The van der Waals surface area contributed by atoms with Crippen LogP contribution in [0.15, 0.2) is 54.6 Å². The summed E-state index contributed by atoms with van der Waals surface area (Å²) < 4.78 is 0. The van der Waals surface area contributed by atoms with Crippen molar-refractivity contribution in [3.8, 4) is 0 Å². The minimum Gasteiger partial charge on any atom is -0.387 e. The Balaban J connectivity index is 1.59. The molecule has 2 aromatic carbocycles. The van der Waals surface area contributed by atoms with Gasteiger partial charge in [-0.25, -0.2) is 0 Å². The molecule has 2 N–H and O–H groups in total. The molecule has 0 radical (unpaired) electrons. The van der Waals surface area contributed by atoms with Gasteiger partial charge in [0.1, 0.15) is 0 Å². The number of hydrogen-bond donors (Lipinski definition) is 2. The number of benzene rings is 2. The number of nitrogens with zero attached hydrogens (tertiary/aromatic N) is 1. The maximum absolute atomic E-state index is 12.2. The zero-order valence-corrected chi connectivity index (χ0v) is 11.9. The lowest BCUT2D eigenvalue weighted by molar-refractivity contribution is 0.0630. The van der Waals surface area contributed by atoms with E-state index in [1.54, 1.807) is 24.3 Å². The van der Waals surface area contributed by atoms with Crippen LogP contribution in [-0.2, 0) is 0 Å². The molecule has 2 aromatic rings. The molecule has 0 bridgehead atoms. The second-order valence-electron chi connectivity index (χ2n) is 5.12. The van der Waals surface area contributed by atoms with Crippen LogP contribution in [0, 0.1) is 0 Å². The Bertz CT molecular complexity index is 665. The van der Waals surface area contributed by atoms with Crippen LogP contribution >= 0.6 is 0 Å². The summed E-state index contributed by atoms with van der Waals surface area (Å²) in [7, 11) is 0. The summed E-state index contributed by atoms with van der Waals surface area (Å²) >= 11 is 0. The predicted molar refractivity (Wildman–Crippen MR) is 81.2 cm³/mol. The highest BCUT2D eigenvalue weighted by molar-refractivity contribution is 6.21. The molecule has 5 nitrogen and oxygen atoms in total. The molecular weight excluding hydrogens is 280 g/mol. The lowest BCUT2D eigenvalue weighted by atomic mass is 10.1. The van der Waals surface area contributed by atoms with Crippen LogP contribution in [0.1, 0.15) is 32.4 Å². The molecule has 0 aromatic heterocycles. The van der Waals surface area contributed by atoms with E-state index in [9.17, 15) is 14.7 Å². The van der Waals surface area contributed by atoms with E-state index in [-0.39, 0.29) is 25.0 Å². The third-order valence-electron chi connectivity index (χ3n) is 3.67. The third kappa shape index (κ3) is 2.64. The minimum absolute atomic E-state index is 0.0796. The lowest BCUT2D eigenvalue weighted by Crippen LogP contribution is -2.39. The van der Waals surface area contributed by atoms with E-state index in [1.165, 1.54) is 0 Å². The maximum atomic E-state index is 12.2. The Kier molecular flexibility index (Phi) is 4.00. The number of imide groups is 1. The summed E-state index contributed by atoms with van der Waals surface area (Å²) in [5.74, 6) is -0.607. The Labute approximate surface area is 128 Å². The number of fused-ring (bicyclic) bond motifs is 1. The van der Waals surface area contributed by atoms with Crippen LogP contribution < -0.4 is 5.32 Å². The van der Waals surface area contributed by atoms with Crippen molar-refractivity contribution in [3.05, 3.63) is 71.3 Å². The molecule has 0 saturated carbocycles. The summed E-state index contributed by atoms with van der Waals surface area (Å²) in [6.07, 6.45) is -0.684. The number of carbonyl (C=O) groups is 2. The van der Waals surface area contributed by atoms with Crippen molar-refractivity contribution in [2.24, 2.45) is 0 Å². The molecular formula is C17H16N2O3. The van der Waals surface area contributed by atoms with E-state index in [4.69, 9.17) is 0 Å². The summed E-state index contributed by atoms with van der Waals surface area (Å²) in [5, 5.41) is 13.0. The van der Waals surface area contributed by atoms with Crippen molar-refractivity contribution in [2.75, 3.05) is 13.2 Å². The molecule has 1 heterocycles. The van der Waals surface area contributed by atoms with Gasteiger partial charge in [-0.3, -0.25) is 19.8 Å². The van der Waals surface area contributed by atoms with Gasteiger partial charge in [0.25, 0.3) is 11.8 Å². The first-order valence-electron chi connectivity index (χ1n) is 7.07. The predicted octanol–water partition coefficient (Wildman–Crippen LogP) is 1.56. The molecule has 0 aliphatic carbocycles. The van der Waals surface area contributed by atoms with Crippen molar-refractivity contribution in [1.82, 2.24) is 10.2 Å². The fourth-order valence-electron chi connectivity index (χ4n) is 2.49. The number of nitrogens with one attached hydrogen (secondary N) is 1. The van der Waals surface area contributed by atoms with Gasteiger partial charge in [-0.1, -0.05) is 42.5 Å². The van der Waals surface area contributed by atoms with Crippen molar-refractivity contribution >= 4 is 11.8 Å². The van der Waals surface area contributed by atoms with E-state index in [2.05, 4.69) is 5.32 Å². The first-order valence-corrected chi connectivity index (χ1v) is 7.07. The molecule has 1 atom stereocenters. The summed E-state index contributed by atoms with van der Waals surface area (Å²) in [5.41, 5.74) is 1.65. The van der Waals surface area contributed by atoms with Gasteiger partial charge in [-0.05, 0) is 17.7 Å². The normalized spacial score (nSPS) is 15.0. The van der Waals surface area contributed by atoms with Crippen LogP contribution in [0.25, 0.3) is 0 Å². The van der Waals surface area contributed by atoms with Gasteiger partial charge in [-0.2, -0.15) is 0 Å². The van der Waals surface area contributed by atoms with Gasteiger partial charge in [0.05, 0.1) is 23.9 Å². The highest BCUT2D eigenvalue weighted by atomic mass is 16.3. The molecule has 22 heavy (non-hydrogen) atoms. The van der Waals surface area contributed by atoms with Crippen molar-refractivity contribution < 1.29 is 14.7 Å². The van der Waals surface area contributed by atoms with Gasteiger partial charge in [-0.15, -0.1) is 0 Å². The molecule has 1 aliphatic heterocycles. The maximum Gasteiger partial charge on any atom is 0.262 e. The number of aliphatic hydroxyl groups excluding tert-OH is 1. The van der Waals surface area contributed by atoms with Crippen LogP contribution in [-0.4, -0.2) is 35.0 Å². The second-order valence-corrected chi connectivity index (χ2v) is 5.12. The van der Waals surface area contributed by atoms with Crippen LogP contribution in [0.3, 0.4) is 0 Å². The zero-order chi connectivity index (χ0) is 15.5. The summed E-state index contributed by atoms with van der Waals surface area (Å²) in [4.78, 5) is 25.5. The van der Waals surface area contributed by atoms with Crippen molar-refractivity contribution in [1.29, 1.82) is 0 Å². The first-order chi connectivity index (χ1) is 10.7. The van der Waals surface area contributed by atoms with E-state index in [0.29, 0.717) is 11.1 Å². The zero-order valence-electron chi connectivity index (χ0n) is 11.9.